The van der Waals surface area contributed by atoms with Crippen LogP contribution in [0, 0.1) is 17.7 Å². The highest BCUT2D eigenvalue weighted by Gasteiger charge is 2.22. The minimum atomic E-state index is -0.884. The van der Waals surface area contributed by atoms with E-state index >= 15 is 0 Å². The van der Waals surface area contributed by atoms with E-state index in [0.717, 1.165) is 0 Å². The minimum absolute atomic E-state index is 0.147. The molecule has 0 saturated heterocycles. The molecule has 0 aliphatic heterocycles. The quantitative estimate of drug-likeness (QED) is 0.654. The Morgan fingerprint density at radius 1 is 1.45 bits per heavy atom. The van der Waals surface area contributed by atoms with E-state index < -0.39 is 23.7 Å². The van der Waals surface area contributed by atoms with Crippen LogP contribution in [0.25, 0.3) is 0 Å². The van der Waals surface area contributed by atoms with Crippen LogP contribution in [0.5, 0.6) is 0 Å². The maximum atomic E-state index is 13.1. The Hall–Kier alpha value is -2.35. The zero-order chi connectivity index (χ0) is 15.0. The molecule has 1 rings (SSSR count). The van der Waals surface area contributed by atoms with Crippen LogP contribution in [0.3, 0.4) is 0 Å². The molecule has 0 fully saturated rings. The summed E-state index contributed by atoms with van der Waals surface area (Å²) in [7, 11) is 0. The molecule has 1 N–H and O–H groups in total. The van der Waals surface area contributed by atoms with Crippen molar-refractivity contribution in [2.75, 3.05) is 6.61 Å². The molecule has 0 saturated carbocycles. The molecule has 1 amide bonds. The molecule has 106 valence electrons. The number of hydrogen-bond acceptors (Lipinski definition) is 3. The van der Waals surface area contributed by atoms with E-state index in [0.29, 0.717) is 5.56 Å². The van der Waals surface area contributed by atoms with Gasteiger partial charge in [0.15, 0.2) is 0 Å². The molecule has 0 aliphatic rings. The number of ether oxygens (including phenoxy) is 1. The van der Waals surface area contributed by atoms with Crippen molar-refractivity contribution in [3.8, 4) is 11.8 Å². The van der Waals surface area contributed by atoms with Gasteiger partial charge >= 0.3 is 5.97 Å². The highest BCUT2D eigenvalue weighted by Crippen LogP contribution is 2.07. The number of carbonyl (C=O) groups excluding carboxylic acids is 2. The van der Waals surface area contributed by atoms with Gasteiger partial charge < -0.3 is 10.1 Å². The zero-order valence-electron chi connectivity index (χ0n) is 11.4. The average Bonchev–Trinajstić information content (AvgIpc) is 2.38. The Morgan fingerprint density at radius 3 is 2.80 bits per heavy atom. The van der Waals surface area contributed by atoms with E-state index in [1.165, 1.54) is 19.1 Å². The molecule has 20 heavy (non-hydrogen) atoms. The van der Waals surface area contributed by atoms with Gasteiger partial charge in [-0.2, -0.15) is 0 Å². The molecule has 0 bridgehead atoms. The highest BCUT2D eigenvalue weighted by molar-refractivity contribution is 5.96. The molecule has 1 unspecified atom stereocenters. The fraction of sp³-hybridized carbons (Fsp3) is 0.333. The number of esters is 1. The van der Waals surface area contributed by atoms with Gasteiger partial charge in [0.25, 0.3) is 5.91 Å². The normalized spacial score (nSPS) is 10.9. The van der Waals surface area contributed by atoms with Gasteiger partial charge in [-0.3, -0.25) is 4.79 Å². The summed E-state index contributed by atoms with van der Waals surface area (Å²) in [4.78, 5) is 23.2. The molecule has 5 heteroatoms. The Kier molecular flexibility index (Phi) is 6.24. The molecule has 0 aliphatic carbocycles. The van der Waals surface area contributed by atoms with Crippen LogP contribution in [0.1, 0.15) is 19.4 Å². The second-order valence-corrected chi connectivity index (χ2v) is 3.99. The molecule has 0 radical (unpaired) electrons. The summed E-state index contributed by atoms with van der Waals surface area (Å²) in [5.41, 5.74) is 0.591. The topological polar surface area (TPSA) is 55.4 Å². The Balaban J connectivity index is 2.83. The van der Waals surface area contributed by atoms with E-state index in [2.05, 4.69) is 17.2 Å². The zero-order valence-corrected chi connectivity index (χ0v) is 11.4. The number of amides is 1. The Morgan fingerprint density at radius 2 is 2.20 bits per heavy atom. The third-order valence-corrected chi connectivity index (χ3v) is 2.44. The lowest BCUT2D eigenvalue weighted by Crippen LogP contribution is -2.42. The maximum Gasteiger partial charge on any atom is 0.328 e. The van der Waals surface area contributed by atoms with Gasteiger partial charge in [-0.1, -0.05) is 18.1 Å². The summed E-state index contributed by atoms with van der Waals surface area (Å²) in [5, 5.41) is 2.46. The fourth-order valence-corrected chi connectivity index (χ4v) is 1.64. The van der Waals surface area contributed by atoms with Crippen molar-refractivity contribution in [2.45, 2.75) is 26.3 Å². The van der Waals surface area contributed by atoms with Crippen LogP contribution in [0.2, 0.25) is 0 Å². The summed E-state index contributed by atoms with van der Waals surface area (Å²) >= 11 is 0. The van der Waals surface area contributed by atoms with Gasteiger partial charge in [-0.25, -0.2) is 9.18 Å². The average molecular weight is 277 g/mol. The predicted octanol–water partition coefficient (Wildman–Crippen LogP) is 1.44. The molecule has 0 aromatic heterocycles. The van der Waals surface area contributed by atoms with E-state index in [1.54, 1.807) is 19.1 Å². The van der Waals surface area contributed by atoms with Crippen molar-refractivity contribution < 1.29 is 18.7 Å². The van der Waals surface area contributed by atoms with Crippen molar-refractivity contribution in [3.63, 3.8) is 0 Å². The van der Waals surface area contributed by atoms with Crippen LogP contribution in [0.4, 0.5) is 4.39 Å². The van der Waals surface area contributed by atoms with Crippen molar-refractivity contribution in [1.29, 1.82) is 0 Å². The van der Waals surface area contributed by atoms with Gasteiger partial charge in [0, 0.05) is 6.42 Å². The van der Waals surface area contributed by atoms with Crippen LogP contribution in [0.15, 0.2) is 24.3 Å². The number of carbonyl (C=O) groups is 2. The number of halogens is 1. The van der Waals surface area contributed by atoms with Crippen LogP contribution >= 0.6 is 0 Å². The molecule has 1 aromatic carbocycles. The van der Waals surface area contributed by atoms with Crippen molar-refractivity contribution in [3.05, 3.63) is 35.6 Å². The first-order valence-corrected chi connectivity index (χ1v) is 6.21. The van der Waals surface area contributed by atoms with Crippen LogP contribution in [-0.2, 0) is 20.7 Å². The summed E-state index contributed by atoms with van der Waals surface area (Å²) in [6.45, 7) is 3.39. The minimum Gasteiger partial charge on any atom is -0.464 e. The number of benzene rings is 1. The molecular weight excluding hydrogens is 261 g/mol. The first kappa shape index (κ1) is 15.7. The second-order valence-electron chi connectivity index (χ2n) is 3.99. The summed E-state index contributed by atoms with van der Waals surface area (Å²) < 4.78 is 18.0. The number of nitrogens with one attached hydrogen (secondary N) is 1. The lowest BCUT2D eigenvalue weighted by molar-refractivity contribution is -0.146. The monoisotopic (exact) mass is 277 g/mol. The maximum absolute atomic E-state index is 13.1. The highest BCUT2D eigenvalue weighted by atomic mass is 19.1. The molecule has 0 spiro atoms. The molecule has 1 aromatic rings. The van der Waals surface area contributed by atoms with E-state index in [-0.39, 0.29) is 13.0 Å². The summed E-state index contributed by atoms with van der Waals surface area (Å²) in [6.07, 6.45) is 0.147. The van der Waals surface area contributed by atoms with Gasteiger partial charge in [-0.05, 0) is 37.5 Å². The lowest BCUT2D eigenvalue weighted by Gasteiger charge is -2.16. The predicted molar refractivity (Wildman–Crippen MR) is 72.1 cm³/mol. The van der Waals surface area contributed by atoms with Gasteiger partial charge in [-0.15, -0.1) is 0 Å². The summed E-state index contributed by atoms with van der Waals surface area (Å²) in [6, 6.07) is 4.95. The number of hydrogen-bond donors (Lipinski definition) is 1. The van der Waals surface area contributed by atoms with Crippen molar-refractivity contribution in [2.24, 2.45) is 0 Å². The smallest absolute Gasteiger partial charge is 0.328 e. The Bertz CT molecular complexity index is 546. The van der Waals surface area contributed by atoms with Gasteiger partial charge in [0.05, 0.1) is 6.61 Å². The van der Waals surface area contributed by atoms with Crippen molar-refractivity contribution in [1.82, 2.24) is 5.32 Å². The molecule has 0 heterocycles. The van der Waals surface area contributed by atoms with Crippen LogP contribution in [-0.4, -0.2) is 24.5 Å². The van der Waals surface area contributed by atoms with E-state index in [4.69, 9.17) is 4.74 Å². The van der Waals surface area contributed by atoms with E-state index in [1.807, 2.05) is 0 Å². The Labute approximate surface area is 117 Å². The first-order chi connectivity index (χ1) is 9.56. The molecule has 1 atom stereocenters. The van der Waals surface area contributed by atoms with Gasteiger partial charge in [0.1, 0.15) is 11.9 Å². The van der Waals surface area contributed by atoms with Crippen molar-refractivity contribution >= 4 is 11.9 Å². The standard InChI is InChI=1S/C15H16FNO3/c1-3-6-14(18)17-13(15(19)20-4-2)10-11-7-5-8-12(16)9-11/h5,7-9,13H,4,10H2,1-2H3,(H,17,18). The SMILES string of the molecule is CC#CC(=O)NC(Cc1cccc(F)c1)C(=O)OCC. The number of rotatable bonds is 5. The van der Waals surface area contributed by atoms with Crippen LogP contribution < -0.4 is 5.32 Å². The third-order valence-electron chi connectivity index (χ3n) is 2.44. The molecular formula is C15H16FNO3. The third kappa shape index (κ3) is 5.11. The first-order valence-electron chi connectivity index (χ1n) is 6.21. The molecule has 4 nitrogen and oxygen atoms in total. The lowest BCUT2D eigenvalue weighted by atomic mass is 10.1. The van der Waals surface area contributed by atoms with Gasteiger partial charge in [0.2, 0.25) is 0 Å². The summed E-state index contributed by atoms with van der Waals surface area (Å²) in [5.74, 6) is 3.20. The second kappa shape index (κ2) is 7.95. The van der Waals surface area contributed by atoms with E-state index in [9.17, 15) is 14.0 Å². The fourth-order valence-electron chi connectivity index (χ4n) is 1.64. The largest absolute Gasteiger partial charge is 0.464 e.